The van der Waals surface area contributed by atoms with Gasteiger partial charge in [-0.1, -0.05) is 25.0 Å². The Morgan fingerprint density at radius 3 is 2.79 bits per heavy atom. The second kappa shape index (κ2) is 7.02. The monoisotopic (exact) mass is 197 g/mol. The molecule has 1 aliphatic rings. The molecule has 0 radical (unpaired) electrons. The molecule has 1 saturated carbocycles. The standard InChI is InChI=1S/C12H23NO/c1-3-11(9-12-5-4-6-12)10-13-7-8-14-2/h9,12-13H,3-8,10H2,1-2H3. The molecule has 0 atom stereocenters. The molecule has 0 unspecified atom stereocenters. The summed E-state index contributed by atoms with van der Waals surface area (Å²) in [5.74, 6) is 0.883. The van der Waals surface area contributed by atoms with Gasteiger partial charge in [-0.2, -0.15) is 0 Å². The van der Waals surface area contributed by atoms with E-state index < -0.39 is 0 Å². The fourth-order valence-corrected chi connectivity index (χ4v) is 1.66. The van der Waals surface area contributed by atoms with E-state index in [1.807, 2.05) is 0 Å². The Labute approximate surface area is 87.7 Å². The van der Waals surface area contributed by atoms with Crippen LogP contribution in [0.3, 0.4) is 0 Å². The molecule has 1 N–H and O–H groups in total. The van der Waals surface area contributed by atoms with Crippen LogP contribution < -0.4 is 5.32 Å². The van der Waals surface area contributed by atoms with Gasteiger partial charge < -0.3 is 10.1 Å². The van der Waals surface area contributed by atoms with E-state index in [-0.39, 0.29) is 0 Å². The van der Waals surface area contributed by atoms with Gasteiger partial charge >= 0.3 is 0 Å². The van der Waals surface area contributed by atoms with Crippen LogP contribution >= 0.6 is 0 Å². The Balaban J connectivity index is 2.13. The van der Waals surface area contributed by atoms with Crippen LogP contribution in [0.5, 0.6) is 0 Å². The number of nitrogens with one attached hydrogen (secondary N) is 1. The molecule has 1 fully saturated rings. The second-order valence-electron chi connectivity index (χ2n) is 4.04. The molecule has 0 spiro atoms. The van der Waals surface area contributed by atoms with E-state index >= 15 is 0 Å². The number of allylic oxidation sites excluding steroid dienone is 1. The van der Waals surface area contributed by atoms with Crippen molar-refractivity contribution in [3.8, 4) is 0 Å². The number of ether oxygens (including phenoxy) is 1. The summed E-state index contributed by atoms with van der Waals surface area (Å²) in [6.45, 7) is 5.04. The highest BCUT2D eigenvalue weighted by Gasteiger charge is 2.14. The van der Waals surface area contributed by atoms with Gasteiger partial charge in [0.1, 0.15) is 0 Å². The molecule has 14 heavy (non-hydrogen) atoms. The van der Waals surface area contributed by atoms with Crippen LogP contribution in [-0.2, 0) is 4.74 Å². The summed E-state index contributed by atoms with van der Waals surface area (Å²) in [5, 5.41) is 3.40. The van der Waals surface area contributed by atoms with Gasteiger partial charge in [0.05, 0.1) is 6.61 Å². The molecule has 0 saturated heterocycles. The first-order valence-corrected chi connectivity index (χ1v) is 5.76. The van der Waals surface area contributed by atoms with Crippen LogP contribution in [0.15, 0.2) is 11.6 Å². The van der Waals surface area contributed by atoms with Gasteiger partial charge in [0.2, 0.25) is 0 Å². The number of rotatable bonds is 7. The van der Waals surface area contributed by atoms with E-state index in [1.165, 1.54) is 25.7 Å². The summed E-state index contributed by atoms with van der Waals surface area (Å²) < 4.78 is 4.99. The van der Waals surface area contributed by atoms with Crippen molar-refractivity contribution in [2.24, 2.45) is 5.92 Å². The number of hydrogen-bond donors (Lipinski definition) is 1. The van der Waals surface area contributed by atoms with Crippen LogP contribution in [0.1, 0.15) is 32.6 Å². The highest BCUT2D eigenvalue weighted by atomic mass is 16.5. The van der Waals surface area contributed by atoms with Crippen LogP contribution in [0.4, 0.5) is 0 Å². The summed E-state index contributed by atoms with van der Waals surface area (Å²) in [6.07, 6.45) is 7.89. The fraction of sp³-hybridized carbons (Fsp3) is 0.833. The molecule has 0 heterocycles. The van der Waals surface area contributed by atoms with Crippen molar-refractivity contribution in [1.29, 1.82) is 0 Å². The van der Waals surface area contributed by atoms with Gasteiger partial charge in [-0.15, -0.1) is 0 Å². The van der Waals surface area contributed by atoms with E-state index in [0.29, 0.717) is 0 Å². The van der Waals surface area contributed by atoms with Crippen molar-refractivity contribution in [2.75, 3.05) is 26.8 Å². The average molecular weight is 197 g/mol. The normalized spacial score (nSPS) is 18.3. The Hall–Kier alpha value is -0.340. The summed E-state index contributed by atoms with van der Waals surface area (Å²) >= 11 is 0. The molecule has 0 aromatic heterocycles. The van der Waals surface area contributed by atoms with Crippen molar-refractivity contribution in [2.45, 2.75) is 32.6 Å². The molecule has 0 amide bonds. The van der Waals surface area contributed by atoms with E-state index in [0.717, 1.165) is 25.6 Å². The zero-order valence-electron chi connectivity index (χ0n) is 9.51. The lowest BCUT2D eigenvalue weighted by Crippen LogP contribution is -2.22. The van der Waals surface area contributed by atoms with Gasteiger partial charge in [0.25, 0.3) is 0 Å². The minimum atomic E-state index is 0.806. The smallest absolute Gasteiger partial charge is 0.0587 e. The lowest BCUT2D eigenvalue weighted by molar-refractivity contribution is 0.200. The zero-order chi connectivity index (χ0) is 10.2. The highest BCUT2D eigenvalue weighted by molar-refractivity contribution is 5.07. The van der Waals surface area contributed by atoms with Crippen molar-refractivity contribution in [3.63, 3.8) is 0 Å². The maximum absolute atomic E-state index is 4.99. The Morgan fingerprint density at radius 2 is 2.29 bits per heavy atom. The van der Waals surface area contributed by atoms with Crippen LogP contribution in [0, 0.1) is 5.92 Å². The molecular weight excluding hydrogens is 174 g/mol. The third kappa shape index (κ3) is 4.25. The van der Waals surface area contributed by atoms with Gasteiger partial charge in [0.15, 0.2) is 0 Å². The maximum Gasteiger partial charge on any atom is 0.0587 e. The van der Waals surface area contributed by atoms with E-state index in [2.05, 4.69) is 18.3 Å². The molecule has 0 bridgehead atoms. The Kier molecular flexibility index (Phi) is 5.88. The van der Waals surface area contributed by atoms with Crippen molar-refractivity contribution in [3.05, 3.63) is 11.6 Å². The van der Waals surface area contributed by atoms with Crippen molar-refractivity contribution in [1.82, 2.24) is 5.32 Å². The Morgan fingerprint density at radius 1 is 1.50 bits per heavy atom. The molecule has 0 aromatic carbocycles. The van der Waals surface area contributed by atoms with Gasteiger partial charge in [-0.05, 0) is 25.2 Å². The van der Waals surface area contributed by atoms with E-state index in [9.17, 15) is 0 Å². The van der Waals surface area contributed by atoms with Gasteiger partial charge in [-0.3, -0.25) is 0 Å². The molecular formula is C12H23NO. The predicted molar refractivity (Wildman–Crippen MR) is 60.5 cm³/mol. The molecule has 2 nitrogen and oxygen atoms in total. The second-order valence-corrected chi connectivity index (χ2v) is 4.04. The topological polar surface area (TPSA) is 21.3 Å². The molecule has 82 valence electrons. The van der Waals surface area contributed by atoms with E-state index in [1.54, 1.807) is 12.7 Å². The van der Waals surface area contributed by atoms with E-state index in [4.69, 9.17) is 4.74 Å². The Bertz CT molecular complexity index is 173. The van der Waals surface area contributed by atoms with Gasteiger partial charge in [0, 0.05) is 20.2 Å². The van der Waals surface area contributed by atoms with Crippen LogP contribution in [0.25, 0.3) is 0 Å². The minimum Gasteiger partial charge on any atom is -0.383 e. The molecule has 0 aromatic rings. The predicted octanol–water partition coefficient (Wildman–Crippen LogP) is 2.36. The first-order chi connectivity index (χ1) is 6.86. The maximum atomic E-state index is 4.99. The SMILES string of the molecule is CCC(=CC1CCC1)CNCCOC. The molecule has 2 heteroatoms. The largest absolute Gasteiger partial charge is 0.383 e. The molecule has 0 aliphatic heterocycles. The van der Waals surface area contributed by atoms with Crippen molar-refractivity contribution >= 4 is 0 Å². The third-order valence-electron chi connectivity index (χ3n) is 2.91. The zero-order valence-corrected chi connectivity index (χ0v) is 9.51. The summed E-state index contributed by atoms with van der Waals surface area (Å²) in [7, 11) is 1.74. The third-order valence-corrected chi connectivity index (χ3v) is 2.91. The van der Waals surface area contributed by atoms with Crippen LogP contribution in [-0.4, -0.2) is 26.8 Å². The first-order valence-electron chi connectivity index (χ1n) is 5.76. The summed E-state index contributed by atoms with van der Waals surface area (Å²) in [5.41, 5.74) is 1.56. The lowest BCUT2D eigenvalue weighted by atomic mass is 9.84. The summed E-state index contributed by atoms with van der Waals surface area (Å²) in [6, 6.07) is 0. The quantitative estimate of drug-likeness (QED) is 0.500. The molecule has 1 rings (SSSR count). The number of methoxy groups -OCH3 is 1. The van der Waals surface area contributed by atoms with Gasteiger partial charge in [-0.25, -0.2) is 0 Å². The van der Waals surface area contributed by atoms with Crippen molar-refractivity contribution < 1.29 is 4.74 Å². The molecule has 1 aliphatic carbocycles. The average Bonchev–Trinajstić information content (AvgIpc) is 2.14. The number of hydrogen-bond acceptors (Lipinski definition) is 2. The van der Waals surface area contributed by atoms with Crippen LogP contribution in [0.2, 0.25) is 0 Å². The highest BCUT2D eigenvalue weighted by Crippen LogP contribution is 2.28. The fourth-order valence-electron chi connectivity index (χ4n) is 1.66. The first kappa shape index (κ1) is 11.7. The summed E-state index contributed by atoms with van der Waals surface area (Å²) in [4.78, 5) is 0. The minimum absolute atomic E-state index is 0.806. The lowest BCUT2D eigenvalue weighted by Gasteiger charge is -2.23.